The number of halogens is 2. The van der Waals surface area contributed by atoms with Gasteiger partial charge in [0.05, 0.1) is 21.3 Å². The molecule has 0 unspecified atom stereocenters. The molecule has 0 fully saturated rings. The molecule has 4 nitrogen and oxygen atoms in total. The molecule has 114 valence electrons. The highest BCUT2D eigenvalue weighted by Crippen LogP contribution is 2.23. The number of hydrogen-bond acceptors (Lipinski definition) is 3. The summed E-state index contributed by atoms with van der Waals surface area (Å²) in [6, 6.07) is 11.4. The van der Waals surface area contributed by atoms with Gasteiger partial charge in [-0.3, -0.25) is 4.79 Å². The van der Waals surface area contributed by atoms with Gasteiger partial charge in [-0.15, -0.1) is 0 Å². The predicted octanol–water partition coefficient (Wildman–Crippen LogP) is 4.24. The molecule has 0 aliphatic carbocycles. The fourth-order valence-corrected chi connectivity index (χ4v) is 2.17. The van der Waals surface area contributed by atoms with E-state index in [4.69, 9.17) is 23.2 Å². The maximum absolute atomic E-state index is 12.0. The van der Waals surface area contributed by atoms with Crippen molar-refractivity contribution in [3.05, 3.63) is 63.6 Å². The van der Waals surface area contributed by atoms with E-state index in [0.717, 1.165) is 5.56 Å². The Balaban J connectivity index is 2.21. The number of hydrogen-bond donors (Lipinski definition) is 2. The molecule has 2 aromatic rings. The van der Waals surface area contributed by atoms with E-state index in [9.17, 15) is 9.90 Å². The van der Waals surface area contributed by atoms with E-state index in [1.54, 1.807) is 30.3 Å². The molecule has 0 aromatic heterocycles. The quantitative estimate of drug-likeness (QED) is 0.647. The number of rotatable bonds is 4. The molecule has 0 bridgehead atoms. The standard InChI is InChI=1S/C16H14Cl2N2O2/c1-2-14(10-7-8-12(17)13(18)9-10)19-20-16(22)11-5-3-4-6-15(11)21/h3-9,21H,2H2,1H3,(H,20,22). The Morgan fingerprint density at radius 3 is 2.55 bits per heavy atom. The molecule has 0 saturated carbocycles. The van der Waals surface area contributed by atoms with Crippen LogP contribution in [0.4, 0.5) is 0 Å². The molecule has 0 aliphatic rings. The fraction of sp³-hybridized carbons (Fsp3) is 0.125. The summed E-state index contributed by atoms with van der Waals surface area (Å²) in [6.45, 7) is 1.91. The van der Waals surface area contributed by atoms with Gasteiger partial charge in [0, 0.05) is 0 Å². The summed E-state index contributed by atoms with van der Waals surface area (Å²) in [5.41, 5.74) is 4.03. The van der Waals surface area contributed by atoms with Crippen molar-refractivity contribution in [1.82, 2.24) is 5.43 Å². The third-order valence-corrected chi connectivity index (χ3v) is 3.77. The third kappa shape index (κ3) is 3.78. The Morgan fingerprint density at radius 1 is 1.18 bits per heavy atom. The number of carbonyl (C=O) groups is 1. The molecule has 0 radical (unpaired) electrons. The topological polar surface area (TPSA) is 61.7 Å². The number of nitrogens with one attached hydrogen (secondary N) is 1. The number of para-hydroxylation sites is 1. The van der Waals surface area contributed by atoms with Crippen molar-refractivity contribution in [2.45, 2.75) is 13.3 Å². The van der Waals surface area contributed by atoms with Crippen molar-refractivity contribution in [2.24, 2.45) is 5.10 Å². The summed E-state index contributed by atoms with van der Waals surface area (Å²) in [5, 5.41) is 14.6. The molecular weight excluding hydrogens is 323 g/mol. The van der Waals surface area contributed by atoms with Gasteiger partial charge in [-0.1, -0.05) is 48.3 Å². The zero-order chi connectivity index (χ0) is 16.1. The maximum atomic E-state index is 12.0. The van der Waals surface area contributed by atoms with Gasteiger partial charge < -0.3 is 5.11 Å². The minimum absolute atomic E-state index is 0.0946. The van der Waals surface area contributed by atoms with Crippen LogP contribution in [0.25, 0.3) is 0 Å². The average Bonchev–Trinajstić information content (AvgIpc) is 2.51. The van der Waals surface area contributed by atoms with Crippen LogP contribution >= 0.6 is 23.2 Å². The molecule has 1 amide bonds. The van der Waals surface area contributed by atoms with Crippen LogP contribution in [-0.4, -0.2) is 16.7 Å². The molecule has 0 atom stereocenters. The summed E-state index contributed by atoms with van der Waals surface area (Å²) in [6.07, 6.45) is 0.596. The lowest BCUT2D eigenvalue weighted by Gasteiger charge is -2.07. The Morgan fingerprint density at radius 2 is 1.91 bits per heavy atom. The fourth-order valence-electron chi connectivity index (χ4n) is 1.87. The van der Waals surface area contributed by atoms with Gasteiger partial charge >= 0.3 is 0 Å². The summed E-state index contributed by atoms with van der Waals surface area (Å²) in [5.74, 6) is -0.577. The predicted molar refractivity (Wildman–Crippen MR) is 88.9 cm³/mol. The second kappa shape index (κ2) is 7.29. The monoisotopic (exact) mass is 336 g/mol. The van der Waals surface area contributed by atoms with Crippen LogP contribution < -0.4 is 5.43 Å². The van der Waals surface area contributed by atoms with Crippen molar-refractivity contribution in [3.8, 4) is 5.75 Å². The number of nitrogens with zero attached hydrogens (tertiary/aromatic N) is 1. The first kappa shape index (κ1) is 16.3. The van der Waals surface area contributed by atoms with Gasteiger partial charge in [0.15, 0.2) is 0 Å². The second-order valence-electron chi connectivity index (χ2n) is 4.50. The van der Waals surface area contributed by atoms with Crippen molar-refractivity contribution >= 4 is 34.8 Å². The van der Waals surface area contributed by atoms with Crippen LogP contribution in [0.5, 0.6) is 5.75 Å². The summed E-state index contributed by atoms with van der Waals surface area (Å²) in [7, 11) is 0. The van der Waals surface area contributed by atoms with E-state index in [2.05, 4.69) is 10.5 Å². The van der Waals surface area contributed by atoms with Crippen molar-refractivity contribution < 1.29 is 9.90 Å². The molecular formula is C16H14Cl2N2O2. The van der Waals surface area contributed by atoms with Crippen LogP contribution in [0.2, 0.25) is 10.0 Å². The van der Waals surface area contributed by atoms with Gasteiger partial charge in [0.1, 0.15) is 5.75 Å². The largest absolute Gasteiger partial charge is 0.507 e. The van der Waals surface area contributed by atoms with E-state index >= 15 is 0 Å². The van der Waals surface area contributed by atoms with Crippen LogP contribution in [0.3, 0.4) is 0 Å². The van der Waals surface area contributed by atoms with Crippen LogP contribution in [-0.2, 0) is 0 Å². The van der Waals surface area contributed by atoms with E-state index in [-0.39, 0.29) is 11.3 Å². The van der Waals surface area contributed by atoms with Crippen LogP contribution in [0.1, 0.15) is 29.3 Å². The number of benzene rings is 2. The van der Waals surface area contributed by atoms with Crippen molar-refractivity contribution in [1.29, 1.82) is 0 Å². The smallest absolute Gasteiger partial charge is 0.275 e. The Hall–Kier alpha value is -2.04. The molecule has 0 spiro atoms. The molecule has 0 saturated heterocycles. The highest BCUT2D eigenvalue weighted by atomic mass is 35.5. The lowest BCUT2D eigenvalue weighted by atomic mass is 10.1. The zero-order valence-corrected chi connectivity index (χ0v) is 13.3. The molecule has 0 aliphatic heterocycles. The number of amides is 1. The highest BCUT2D eigenvalue weighted by molar-refractivity contribution is 6.42. The van der Waals surface area contributed by atoms with E-state index in [1.165, 1.54) is 12.1 Å². The molecule has 2 rings (SSSR count). The minimum Gasteiger partial charge on any atom is -0.507 e. The van der Waals surface area contributed by atoms with E-state index < -0.39 is 5.91 Å². The molecule has 2 aromatic carbocycles. The van der Waals surface area contributed by atoms with Gasteiger partial charge in [0.2, 0.25) is 0 Å². The summed E-state index contributed by atoms with van der Waals surface area (Å²) < 4.78 is 0. The second-order valence-corrected chi connectivity index (χ2v) is 5.31. The summed E-state index contributed by atoms with van der Waals surface area (Å²) >= 11 is 11.9. The van der Waals surface area contributed by atoms with Gasteiger partial charge in [-0.2, -0.15) is 5.10 Å². The molecule has 6 heteroatoms. The molecule has 2 N–H and O–H groups in total. The number of carbonyl (C=O) groups excluding carboxylic acids is 1. The number of hydrazone groups is 1. The van der Waals surface area contributed by atoms with Gasteiger partial charge in [-0.25, -0.2) is 5.43 Å². The zero-order valence-electron chi connectivity index (χ0n) is 11.8. The first-order valence-electron chi connectivity index (χ1n) is 6.63. The normalized spacial score (nSPS) is 11.3. The lowest BCUT2D eigenvalue weighted by Crippen LogP contribution is -2.20. The van der Waals surface area contributed by atoms with Gasteiger partial charge in [-0.05, 0) is 36.2 Å². The average molecular weight is 337 g/mol. The minimum atomic E-state index is -0.482. The molecule has 0 heterocycles. The number of phenols is 1. The number of phenolic OH excluding ortho intramolecular Hbond substituents is 1. The van der Waals surface area contributed by atoms with Crippen molar-refractivity contribution in [3.63, 3.8) is 0 Å². The van der Waals surface area contributed by atoms with Gasteiger partial charge in [0.25, 0.3) is 5.91 Å². The first-order valence-corrected chi connectivity index (χ1v) is 7.38. The Labute approximate surface area is 138 Å². The maximum Gasteiger partial charge on any atom is 0.275 e. The van der Waals surface area contributed by atoms with Crippen LogP contribution in [0.15, 0.2) is 47.6 Å². The highest BCUT2D eigenvalue weighted by Gasteiger charge is 2.10. The Bertz CT molecular complexity index is 730. The first-order chi connectivity index (χ1) is 10.5. The SMILES string of the molecule is CCC(=NNC(=O)c1ccccc1O)c1ccc(Cl)c(Cl)c1. The summed E-state index contributed by atoms with van der Waals surface area (Å²) in [4.78, 5) is 12.0. The van der Waals surface area contributed by atoms with E-state index in [0.29, 0.717) is 22.2 Å². The third-order valence-electron chi connectivity index (χ3n) is 3.03. The van der Waals surface area contributed by atoms with Crippen molar-refractivity contribution in [2.75, 3.05) is 0 Å². The lowest BCUT2D eigenvalue weighted by molar-refractivity contribution is 0.0952. The Kier molecular flexibility index (Phi) is 5.41. The van der Waals surface area contributed by atoms with E-state index in [1.807, 2.05) is 6.92 Å². The number of aromatic hydroxyl groups is 1. The molecule has 22 heavy (non-hydrogen) atoms. The van der Waals surface area contributed by atoms with Crippen LogP contribution in [0, 0.1) is 0 Å².